The molecule has 0 saturated heterocycles. The number of aromatic amines is 2. The molecule has 0 bridgehead atoms. The van der Waals surface area contributed by atoms with Gasteiger partial charge < -0.3 is 9.97 Å². The monoisotopic (exact) mass is 278 g/mol. The fourth-order valence-corrected chi connectivity index (χ4v) is 2.09. The molecule has 0 aliphatic carbocycles. The number of hydrogen-bond donors (Lipinski definition) is 2. The number of aromatic nitrogens is 2. The quantitative estimate of drug-likeness (QED) is 0.702. The first-order valence-electron chi connectivity index (χ1n) is 5.82. The molecular formula is C14H9F3N2O. The minimum Gasteiger partial charge on any atom is -0.367 e. The van der Waals surface area contributed by atoms with Crippen LogP contribution in [-0.4, -0.2) is 9.97 Å². The number of nitrogens with one attached hydrogen (secondary N) is 2. The number of fused-ring (bicyclic) bond motifs is 1. The zero-order valence-corrected chi connectivity index (χ0v) is 10.1. The van der Waals surface area contributed by atoms with E-state index < -0.39 is 11.9 Å². The molecule has 0 amide bonds. The maximum absolute atomic E-state index is 12.6. The van der Waals surface area contributed by atoms with Crippen LogP contribution in [0.15, 0.2) is 47.5 Å². The van der Waals surface area contributed by atoms with E-state index in [4.69, 9.17) is 0 Å². The van der Waals surface area contributed by atoms with Gasteiger partial charge in [-0.25, -0.2) is 0 Å². The molecule has 6 heteroatoms. The molecule has 0 radical (unpaired) electrons. The van der Waals surface area contributed by atoms with E-state index in [1.165, 1.54) is 24.5 Å². The minimum absolute atomic E-state index is 0.185. The molecule has 0 aliphatic rings. The van der Waals surface area contributed by atoms with Gasteiger partial charge in [-0.3, -0.25) is 4.79 Å². The maximum atomic E-state index is 12.6. The number of rotatable bonds is 1. The van der Waals surface area contributed by atoms with Crippen LogP contribution in [-0.2, 0) is 6.18 Å². The van der Waals surface area contributed by atoms with Gasteiger partial charge in [0.05, 0.1) is 0 Å². The van der Waals surface area contributed by atoms with E-state index in [0.717, 1.165) is 6.07 Å². The number of halogens is 3. The van der Waals surface area contributed by atoms with Gasteiger partial charge in [-0.15, -0.1) is 0 Å². The summed E-state index contributed by atoms with van der Waals surface area (Å²) in [5.74, 6) is 0. The first-order chi connectivity index (χ1) is 9.45. The number of benzene rings is 1. The van der Waals surface area contributed by atoms with Crippen molar-refractivity contribution in [2.24, 2.45) is 0 Å². The van der Waals surface area contributed by atoms with Crippen molar-refractivity contribution in [3.8, 4) is 11.1 Å². The largest absolute Gasteiger partial charge is 0.431 e. The van der Waals surface area contributed by atoms with Crippen molar-refractivity contribution in [3.05, 3.63) is 58.6 Å². The van der Waals surface area contributed by atoms with Crippen LogP contribution < -0.4 is 5.43 Å². The Hall–Kier alpha value is -2.50. The molecule has 0 fully saturated rings. The van der Waals surface area contributed by atoms with Crippen LogP contribution in [0.4, 0.5) is 13.2 Å². The average molecular weight is 278 g/mol. The standard InChI is InChI=1S/C14H9F3N2O/c15-14(16,17)13-6-9-5-8(1-2-11(9)19-13)10-7-18-4-3-12(10)20/h1-7,19H,(H,18,20). The molecule has 102 valence electrons. The van der Waals surface area contributed by atoms with E-state index in [0.29, 0.717) is 22.0 Å². The molecule has 3 aromatic rings. The Balaban J connectivity index is 2.16. The number of pyridine rings is 1. The Labute approximate surface area is 111 Å². The molecule has 0 saturated carbocycles. The number of H-pyrrole nitrogens is 2. The number of hydrogen-bond acceptors (Lipinski definition) is 1. The Bertz CT molecular complexity index is 830. The lowest BCUT2D eigenvalue weighted by Crippen LogP contribution is -2.04. The van der Waals surface area contributed by atoms with Crippen LogP contribution in [0.5, 0.6) is 0 Å². The highest BCUT2D eigenvalue weighted by atomic mass is 19.4. The van der Waals surface area contributed by atoms with E-state index in [9.17, 15) is 18.0 Å². The van der Waals surface area contributed by atoms with Crippen molar-refractivity contribution in [2.45, 2.75) is 6.18 Å². The second-order valence-corrected chi connectivity index (χ2v) is 4.41. The lowest BCUT2D eigenvalue weighted by molar-refractivity contribution is -0.140. The van der Waals surface area contributed by atoms with Gasteiger partial charge in [0.25, 0.3) is 0 Å². The highest BCUT2D eigenvalue weighted by molar-refractivity contribution is 5.85. The topological polar surface area (TPSA) is 48.6 Å². The second kappa shape index (κ2) is 4.26. The summed E-state index contributed by atoms with van der Waals surface area (Å²) in [6.45, 7) is 0. The molecule has 0 aliphatic heterocycles. The zero-order chi connectivity index (χ0) is 14.3. The van der Waals surface area contributed by atoms with Crippen molar-refractivity contribution in [1.29, 1.82) is 0 Å². The van der Waals surface area contributed by atoms with Gasteiger partial charge in [0.1, 0.15) is 5.69 Å². The zero-order valence-electron chi connectivity index (χ0n) is 10.1. The molecule has 0 atom stereocenters. The molecule has 0 unspecified atom stereocenters. The fraction of sp³-hybridized carbons (Fsp3) is 0.0714. The summed E-state index contributed by atoms with van der Waals surface area (Å²) in [7, 11) is 0. The summed E-state index contributed by atoms with van der Waals surface area (Å²) in [4.78, 5) is 16.8. The SMILES string of the molecule is O=c1cc[nH]cc1-c1ccc2[nH]c(C(F)(F)F)cc2c1. The van der Waals surface area contributed by atoms with Crippen molar-refractivity contribution >= 4 is 10.9 Å². The van der Waals surface area contributed by atoms with Gasteiger partial charge in [0.2, 0.25) is 0 Å². The number of alkyl halides is 3. The first kappa shape index (κ1) is 12.5. The molecule has 2 N–H and O–H groups in total. The van der Waals surface area contributed by atoms with Crippen molar-refractivity contribution in [1.82, 2.24) is 9.97 Å². The Morgan fingerprint density at radius 3 is 2.55 bits per heavy atom. The second-order valence-electron chi connectivity index (χ2n) is 4.41. The predicted molar refractivity (Wildman–Crippen MR) is 69.4 cm³/mol. The van der Waals surface area contributed by atoms with Crippen molar-refractivity contribution < 1.29 is 13.2 Å². The van der Waals surface area contributed by atoms with E-state index in [2.05, 4.69) is 9.97 Å². The summed E-state index contributed by atoms with van der Waals surface area (Å²) in [6, 6.07) is 7.12. The van der Waals surface area contributed by atoms with Crippen molar-refractivity contribution in [2.75, 3.05) is 0 Å². The summed E-state index contributed by atoms with van der Waals surface area (Å²) in [5.41, 5.74) is 0.394. The molecule has 3 nitrogen and oxygen atoms in total. The molecule has 2 aromatic heterocycles. The van der Waals surface area contributed by atoms with Gasteiger partial charge in [-0.2, -0.15) is 13.2 Å². The van der Waals surface area contributed by atoms with Gasteiger partial charge >= 0.3 is 6.18 Å². The van der Waals surface area contributed by atoms with Crippen LogP contribution in [0.2, 0.25) is 0 Å². The van der Waals surface area contributed by atoms with Gasteiger partial charge in [-0.1, -0.05) is 6.07 Å². The molecule has 3 rings (SSSR count). The van der Waals surface area contributed by atoms with Crippen LogP contribution in [0.3, 0.4) is 0 Å². The molecular weight excluding hydrogens is 269 g/mol. The lowest BCUT2D eigenvalue weighted by Gasteiger charge is -2.00. The van der Waals surface area contributed by atoms with Gasteiger partial charge in [-0.05, 0) is 23.8 Å². The smallest absolute Gasteiger partial charge is 0.367 e. The van der Waals surface area contributed by atoms with Gasteiger partial charge in [0.15, 0.2) is 5.43 Å². The molecule has 1 aromatic carbocycles. The Morgan fingerprint density at radius 2 is 1.85 bits per heavy atom. The van der Waals surface area contributed by atoms with Crippen molar-refractivity contribution in [3.63, 3.8) is 0 Å². The van der Waals surface area contributed by atoms with Crippen LogP contribution in [0, 0.1) is 0 Å². The first-order valence-corrected chi connectivity index (χ1v) is 5.82. The third-order valence-corrected chi connectivity index (χ3v) is 3.06. The predicted octanol–water partition coefficient (Wildman–Crippen LogP) is 3.54. The molecule has 0 spiro atoms. The normalized spacial score (nSPS) is 11.9. The highest BCUT2D eigenvalue weighted by Crippen LogP contribution is 2.32. The minimum atomic E-state index is -4.41. The Kier molecular flexibility index (Phi) is 2.67. The summed E-state index contributed by atoms with van der Waals surface area (Å²) >= 11 is 0. The third kappa shape index (κ3) is 2.09. The summed E-state index contributed by atoms with van der Waals surface area (Å²) in [5, 5.41) is 0.415. The van der Waals surface area contributed by atoms with E-state index in [-0.39, 0.29) is 5.43 Å². The fourth-order valence-electron chi connectivity index (χ4n) is 2.09. The van der Waals surface area contributed by atoms with E-state index in [1.807, 2.05) is 0 Å². The average Bonchev–Trinajstić information content (AvgIpc) is 2.82. The van der Waals surface area contributed by atoms with Crippen LogP contribution >= 0.6 is 0 Å². The van der Waals surface area contributed by atoms with Crippen LogP contribution in [0.25, 0.3) is 22.0 Å². The molecule has 2 heterocycles. The van der Waals surface area contributed by atoms with E-state index >= 15 is 0 Å². The summed E-state index contributed by atoms with van der Waals surface area (Å²) in [6.07, 6.45) is -1.38. The summed E-state index contributed by atoms with van der Waals surface area (Å²) < 4.78 is 37.9. The third-order valence-electron chi connectivity index (χ3n) is 3.06. The lowest BCUT2D eigenvalue weighted by atomic mass is 10.1. The van der Waals surface area contributed by atoms with Gasteiger partial charge in [0, 0.05) is 34.9 Å². The maximum Gasteiger partial charge on any atom is 0.431 e. The highest BCUT2D eigenvalue weighted by Gasteiger charge is 2.32. The van der Waals surface area contributed by atoms with E-state index in [1.54, 1.807) is 12.1 Å². The Morgan fingerprint density at radius 1 is 1.05 bits per heavy atom. The van der Waals surface area contributed by atoms with Crippen LogP contribution in [0.1, 0.15) is 5.69 Å². The molecule has 20 heavy (non-hydrogen) atoms.